The van der Waals surface area contributed by atoms with E-state index in [1.165, 1.54) is 12.0 Å². The van der Waals surface area contributed by atoms with Gasteiger partial charge in [-0.25, -0.2) is 0 Å². The number of fused-ring (bicyclic) bond motifs is 3. The maximum absolute atomic E-state index is 6.37. The summed E-state index contributed by atoms with van der Waals surface area (Å²) < 4.78 is 12.6. The fraction of sp³-hybridized carbons (Fsp3) is 0.625. The molecule has 2 aliphatic heterocycles. The minimum atomic E-state index is -0.0324. The van der Waals surface area contributed by atoms with Crippen LogP contribution in [0.5, 0.6) is 5.75 Å². The number of para-hydroxylation sites is 1. The van der Waals surface area contributed by atoms with E-state index < -0.39 is 0 Å². The standard InChI is InChI=1S/C16H20O2/c1-10-8-16(2)13-7-11(10)9-17-15(13)12-5-3-4-6-14(12)18-16/h3-6,10-11,13,15H,7-9H2,1-2H3/t10-,11-,13-,15-,16-/m0/s1. The first-order chi connectivity index (χ1) is 8.67. The predicted octanol–water partition coefficient (Wildman–Crippen LogP) is 3.57. The van der Waals surface area contributed by atoms with E-state index in [9.17, 15) is 0 Å². The number of benzene rings is 1. The third kappa shape index (κ3) is 1.33. The van der Waals surface area contributed by atoms with Crippen LogP contribution >= 0.6 is 0 Å². The van der Waals surface area contributed by atoms with Gasteiger partial charge in [0.1, 0.15) is 11.4 Å². The highest BCUT2D eigenvalue weighted by Crippen LogP contribution is 2.56. The van der Waals surface area contributed by atoms with Crippen LogP contribution in [0.3, 0.4) is 0 Å². The molecule has 3 aliphatic rings. The van der Waals surface area contributed by atoms with Gasteiger partial charge in [0, 0.05) is 11.5 Å². The van der Waals surface area contributed by atoms with Crippen molar-refractivity contribution in [1.82, 2.24) is 0 Å². The molecule has 2 nitrogen and oxygen atoms in total. The molecule has 18 heavy (non-hydrogen) atoms. The van der Waals surface area contributed by atoms with Crippen molar-refractivity contribution < 1.29 is 9.47 Å². The molecule has 2 bridgehead atoms. The van der Waals surface area contributed by atoms with Gasteiger partial charge in [-0.05, 0) is 37.7 Å². The molecule has 1 aliphatic carbocycles. The predicted molar refractivity (Wildman–Crippen MR) is 69.5 cm³/mol. The molecule has 1 aromatic rings. The van der Waals surface area contributed by atoms with Crippen LogP contribution in [0.4, 0.5) is 0 Å². The molecule has 2 fully saturated rings. The SMILES string of the molecule is C[C@H]1C[C@]2(C)Oc3ccccc3[C@@H]3OC[C@@H]1C[C@@H]32. The molecule has 1 saturated carbocycles. The Morgan fingerprint density at radius 2 is 2.11 bits per heavy atom. The van der Waals surface area contributed by atoms with Crippen molar-refractivity contribution in [3.05, 3.63) is 29.8 Å². The number of rotatable bonds is 0. The van der Waals surface area contributed by atoms with Gasteiger partial charge >= 0.3 is 0 Å². The molecule has 96 valence electrons. The van der Waals surface area contributed by atoms with Crippen molar-refractivity contribution in [3.63, 3.8) is 0 Å². The average molecular weight is 244 g/mol. The van der Waals surface area contributed by atoms with Crippen molar-refractivity contribution in [2.45, 2.75) is 38.4 Å². The van der Waals surface area contributed by atoms with E-state index in [1.54, 1.807) is 0 Å². The van der Waals surface area contributed by atoms with Crippen LogP contribution < -0.4 is 4.74 Å². The molecule has 4 rings (SSSR count). The highest BCUT2D eigenvalue weighted by molar-refractivity contribution is 5.39. The molecule has 0 unspecified atom stereocenters. The topological polar surface area (TPSA) is 18.5 Å². The fourth-order valence-electron chi connectivity index (χ4n) is 4.27. The van der Waals surface area contributed by atoms with Gasteiger partial charge < -0.3 is 9.47 Å². The van der Waals surface area contributed by atoms with Crippen LogP contribution in [0.1, 0.15) is 38.4 Å². The van der Waals surface area contributed by atoms with E-state index in [0.717, 1.165) is 24.7 Å². The summed E-state index contributed by atoms with van der Waals surface area (Å²) in [7, 11) is 0. The highest BCUT2D eigenvalue weighted by atomic mass is 16.5. The summed E-state index contributed by atoms with van der Waals surface area (Å²) >= 11 is 0. The fourth-order valence-corrected chi connectivity index (χ4v) is 4.27. The van der Waals surface area contributed by atoms with Gasteiger partial charge in [0.25, 0.3) is 0 Å². The summed E-state index contributed by atoms with van der Waals surface area (Å²) in [5.74, 6) is 3.00. The van der Waals surface area contributed by atoms with Gasteiger partial charge in [0.15, 0.2) is 0 Å². The van der Waals surface area contributed by atoms with Gasteiger partial charge in [0.05, 0.1) is 12.7 Å². The number of hydrogen-bond donors (Lipinski definition) is 0. The minimum Gasteiger partial charge on any atom is -0.487 e. The molecule has 0 spiro atoms. The first-order valence-electron chi connectivity index (χ1n) is 7.07. The lowest BCUT2D eigenvalue weighted by Crippen LogP contribution is -2.56. The molecular formula is C16H20O2. The van der Waals surface area contributed by atoms with Crippen molar-refractivity contribution in [1.29, 1.82) is 0 Å². The Kier molecular flexibility index (Phi) is 2.12. The Morgan fingerprint density at radius 1 is 1.28 bits per heavy atom. The summed E-state index contributed by atoms with van der Waals surface area (Å²) in [5, 5.41) is 0. The molecular weight excluding hydrogens is 224 g/mol. The van der Waals surface area contributed by atoms with Gasteiger partial charge in [-0.3, -0.25) is 0 Å². The van der Waals surface area contributed by atoms with Crippen LogP contribution in [0, 0.1) is 17.8 Å². The Bertz CT molecular complexity index is 484. The third-order valence-corrected chi connectivity index (χ3v) is 5.30. The summed E-state index contributed by atoms with van der Waals surface area (Å²) in [6.07, 6.45) is 2.68. The quantitative estimate of drug-likeness (QED) is 0.694. The summed E-state index contributed by atoms with van der Waals surface area (Å²) in [6, 6.07) is 8.40. The second-order valence-electron chi connectivity index (χ2n) is 6.49. The van der Waals surface area contributed by atoms with E-state index in [2.05, 4.69) is 38.1 Å². The largest absolute Gasteiger partial charge is 0.487 e. The maximum atomic E-state index is 6.37. The zero-order valence-corrected chi connectivity index (χ0v) is 11.1. The molecule has 1 saturated heterocycles. The van der Waals surface area contributed by atoms with Gasteiger partial charge in [-0.2, -0.15) is 0 Å². The van der Waals surface area contributed by atoms with Gasteiger partial charge in [-0.15, -0.1) is 0 Å². The van der Waals surface area contributed by atoms with Crippen molar-refractivity contribution in [3.8, 4) is 5.75 Å². The zero-order valence-electron chi connectivity index (χ0n) is 11.1. The Hall–Kier alpha value is -1.02. The lowest BCUT2D eigenvalue weighted by Gasteiger charge is -2.55. The smallest absolute Gasteiger partial charge is 0.125 e. The first-order valence-corrected chi connectivity index (χ1v) is 7.07. The Balaban J connectivity index is 1.83. The van der Waals surface area contributed by atoms with E-state index >= 15 is 0 Å². The van der Waals surface area contributed by atoms with Gasteiger partial charge in [0.2, 0.25) is 0 Å². The molecule has 1 aromatic carbocycles. The number of ether oxygens (including phenoxy) is 2. The normalized spacial score (nSPS) is 45.0. The monoisotopic (exact) mass is 244 g/mol. The van der Waals surface area contributed by atoms with Crippen molar-refractivity contribution in [2.75, 3.05) is 6.61 Å². The molecule has 0 radical (unpaired) electrons. The maximum Gasteiger partial charge on any atom is 0.125 e. The van der Waals surface area contributed by atoms with Crippen molar-refractivity contribution >= 4 is 0 Å². The highest BCUT2D eigenvalue weighted by Gasteiger charge is 2.54. The molecule has 0 aromatic heterocycles. The third-order valence-electron chi connectivity index (χ3n) is 5.30. The lowest BCUT2D eigenvalue weighted by molar-refractivity contribution is -0.184. The Labute approximate surface area is 108 Å². The first kappa shape index (κ1) is 10.9. The number of hydrogen-bond acceptors (Lipinski definition) is 2. The lowest BCUT2D eigenvalue weighted by atomic mass is 9.62. The van der Waals surface area contributed by atoms with Gasteiger partial charge in [-0.1, -0.05) is 25.1 Å². The molecule has 2 heteroatoms. The minimum absolute atomic E-state index is 0.0324. The van der Waals surface area contributed by atoms with E-state index in [1.807, 2.05) is 0 Å². The van der Waals surface area contributed by atoms with Crippen LogP contribution in [0.15, 0.2) is 24.3 Å². The Morgan fingerprint density at radius 3 is 3.00 bits per heavy atom. The summed E-state index contributed by atoms with van der Waals surface area (Å²) in [6.45, 7) is 5.55. The molecule has 5 atom stereocenters. The second-order valence-corrected chi connectivity index (χ2v) is 6.49. The second kappa shape index (κ2) is 3.51. The van der Waals surface area contributed by atoms with E-state index in [0.29, 0.717) is 11.8 Å². The van der Waals surface area contributed by atoms with Crippen LogP contribution in [-0.2, 0) is 4.74 Å². The molecule has 2 heterocycles. The van der Waals surface area contributed by atoms with E-state index in [4.69, 9.17) is 9.47 Å². The average Bonchev–Trinajstić information content (AvgIpc) is 2.37. The van der Waals surface area contributed by atoms with Crippen molar-refractivity contribution in [2.24, 2.45) is 17.8 Å². The van der Waals surface area contributed by atoms with E-state index in [-0.39, 0.29) is 11.7 Å². The van der Waals surface area contributed by atoms with Crippen LogP contribution in [0.2, 0.25) is 0 Å². The molecule has 0 N–H and O–H groups in total. The zero-order chi connectivity index (χ0) is 12.3. The molecule has 0 amide bonds. The summed E-state index contributed by atoms with van der Waals surface area (Å²) in [5.41, 5.74) is 1.23. The van der Waals surface area contributed by atoms with Crippen LogP contribution in [0.25, 0.3) is 0 Å². The summed E-state index contributed by atoms with van der Waals surface area (Å²) in [4.78, 5) is 0. The van der Waals surface area contributed by atoms with Crippen LogP contribution in [-0.4, -0.2) is 12.2 Å².